The molecule has 0 amide bonds. The summed E-state index contributed by atoms with van der Waals surface area (Å²) in [5.41, 5.74) is 21.6. The number of furan rings is 1. The van der Waals surface area contributed by atoms with Crippen LogP contribution in [0.4, 0.5) is 17.1 Å². The lowest BCUT2D eigenvalue weighted by Crippen LogP contribution is -2.12. The summed E-state index contributed by atoms with van der Waals surface area (Å²) in [6, 6.07) is 72.2. The van der Waals surface area contributed by atoms with Gasteiger partial charge in [-0.2, -0.15) is 0 Å². The molecule has 324 valence electrons. The molecular formula is C65H53NO. The van der Waals surface area contributed by atoms with Crippen molar-refractivity contribution in [2.45, 2.75) is 59.3 Å². The number of rotatable bonds is 6. The largest absolute Gasteiger partial charge is 0.454 e. The number of benzene rings is 10. The highest BCUT2D eigenvalue weighted by atomic mass is 16.3. The second kappa shape index (κ2) is 15.2. The summed E-state index contributed by atoms with van der Waals surface area (Å²) >= 11 is 0. The molecule has 2 heteroatoms. The molecule has 0 bridgehead atoms. The minimum atomic E-state index is 0.0847. The van der Waals surface area contributed by atoms with E-state index >= 15 is 0 Å². The second-order valence-electron chi connectivity index (χ2n) is 20.7. The van der Waals surface area contributed by atoms with Gasteiger partial charge in [-0.15, -0.1) is 0 Å². The van der Waals surface area contributed by atoms with Gasteiger partial charge in [-0.05, 0) is 178 Å². The van der Waals surface area contributed by atoms with Gasteiger partial charge in [-0.1, -0.05) is 169 Å². The molecule has 1 aliphatic rings. The maximum Gasteiger partial charge on any atom is 0.159 e. The number of nitrogens with zero attached hydrogens (tertiary/aromatic N) is 1. The smallest absolute Gasteiger partial charge is 0.159 e. The zero-order valence-corrected chi connectivity index (χ0v) is 39.3. The molecule has 12 rings (SSSR count). The Kier molecular flexibility index (Phi) is 9.25. The average molecular weight is 864 g/mol. The van der Waals surface area contributed by atoms with Crippen molar-refractivity contribution in [2.75, 3.05) is 4.90 Å². The van der Waals surface area contributed by atoms with E-state index in [0.717, 1.165) is 44.6 Å². The molecule has 2 nitrogen and oxygen atoms in total. The van der Waals surface area contributed by atoms with Crippen LogP contribution in [0.3, 0.4) is 0 Å². The van der Waals surface area contributed by atoms with E-state index in [4.69, 9.17) is 4.42 Å². The molecule has 0 saturated carbocycles. The van der Waals surface area contributed by atoms with Gasteiger partial charge in [0.05, 0.1) is 5.69 Å². The highest BCUT2D eigenvalue weighted by molar-refractivity contribution is 6.14. The molecule has 0 saturated heterocycles. The number of hydrogen-bond acceptors (Lipinski definition) is 2. The first kappa shape index (κ1) is 40.8. The van der Waals surface area contributed by atoms with Crippen LogP contribution in [0.5, 0.6) is 0 Å². The van der Waals surface area contributed by atoms with Crippen LogP contribution in [0.1, 0.15) is 58.2 Å². The second-order valence-corrected chi connectivity index (χ2v) is 20.7. The van der Waals surface area contributed by atoms with Crippen LogP contribution in [0.2, 0.25) is 0 Å². The van der Waals surface area contributed by atoms with E-state index in [1.807, 2.05) is 6.07 Å². The van der Waals surface area contributed by atoms with Crippen LogP contribution in [0.15, 0.2) is 199 Å². The first-order valence-corrected chi connectivity index (χ1v) is 23.6. The Hall–Kier alpha value is -7.68. The van der Waals surface area contributed by atoms with Crippen LogP contribution in [0.25, 0.3) is 99.1 Å². The van der Waals surface area contributed by atoms with E-state index < -0.39 is 0 Å². The van der Waals surface area contributed by atoms with Gasteiger partial charge in [-0.25, -0.2) is 0 Å². The zero-order valence-electron chi connectivity index (χ0n) is 39.3. The summed E-state index contributed by atoms with van der Waals surface area (Å²) in [5.74, 6) is 0. The first-order valence-electron chi connectivity index (χ1n) is 23.6. The van der Waals surface area contributed by atoms with Crippen LogP contribution >= 0.6 is 0 Å². The van der Waals surface area contributed by atoms with Crippen molar-refractivity contribution in [3.63, 3.8) is 0 Å². The fourth-order valence-electron chi connectivity index (χ4n) is 10.4. The SMILES string of the molecule is Cc1ccc2c(oc3ccccc32)c1N(c1cccc(-c2ccccc2)c1)c1ccc2cc3c(cc2c1)-c1cc2cc(-c4ccc(C(C)(C)C)cc4)c(-c4ccc(C(C)(C)C)cc4)cc2cc1-3. The minimum Gasteiger partial charge on any atom is -0.454 e. The van der Waals surface area contributed by atoms with Gasteiger partial charge in [0, 0.05) is 22.1 Å². The summed E-state index contributed by atoms with van der Waals surface area (Å²) in [7, 11) is 0. The molecule has 0 unspecified atom stereocenters. The lowest BCUT2D eigenvalue weighted by atomic mass is 9.77. The van der Waals surface area contributed by atoms with Gasteiger partial charge in [0.1, 0.15) is 5.58 Å². The minimum absolute atomic E-state index is 0.0847. The number of aryl methyl sites for hydroxylation is 1. The Balaban J connectivity index is 0.997. The van der Waals surface area contributed by atoms with Crippen molar-refractivity contribution in [2.24, 2.45) is 0 Å². The summed E-state index contributed by atoms with van der Waals surface area (Å²) < 4.78 is 6.77. The van der Waals surface area contributed by atoms with Crippen molar-refractivity contribution in [3.8, 4) is 55.6 Å². The summed E-state index contributed by atoms with van der Waals surface area (Å²) in [4.78, 5) is 2.40. The van der Waals surface area contributed by atoms with Crippen molar-refractivity contribution < 1.29 is 4.42 Å². The molecular weight excluding hydrogens is 811 g/mol. The lowest BCUT2D eigenvalue weighted by Gasteiger charge is -2.29. The molecule has 0 fully saturated rings. The fraction of sp³-hybridized carbons (Fsp3) is 0.138. The van der Waals surface area contributed by atoms with E-state index in [0.29, 0.717) is 0 Å². The Bertz CT molecular complexity index is 3740. The summed E-state index contributed by atoms with van der Waals surface area (Å²) in [6.07, 6.45) is 0. The van der Waals surface area contributed by atoms with E-state index in [1.54, 1.807) is 0 Å². The summed E-state index contributed by atoms with van der Waals surface area (Å²) in [5, 5.41) is 7.17. The molecule has 10 aromatic carbocycles. The van der Waals surface area contributed by atoms with Gasteiger partial charge in [0.25, 0.3) is 0 Å². The van der Waals surface area contributed by atoms with E-state index in [9.17, 15) is 0 Å². The fourth-order valence-corrected chi connectivity index (χ4v) is 10.4. The Morgan fingerprint density at radius 1 is 0.358 bits per heavy atom. The first-order chi connectivity index (χ1) is 32.4. The number of fused-ring (bicyclic) bond motifs is 9. The predicted molar refractivity (Wildman–Crippen MR) is 286 cm³/mol. The topological polar surface area (TPSA) is 16.4 Å². The number of para-hydroxylation sites is 1. The Labute approximate surface area is 393 Å². The van der Waals surface area contributed by atoms with Crippen molar-refractivity contribution >= 4 is 60.5 Å². The zero-order chi connectivity index (χ0) is 45.8. The van der Waals surface area contributed by atoms with E-state index in [1.165, 1.54) is 88.3 Å². The molecule has 0 spiro atoms. The highest BCUT2D eigenvalue weighted by Crippen LogP contribution is 2.52. The third-order valence-electron chi connectivity index (χ3n) is 14.2. The monoisotopic (exact) mass is 863 g/mol. The molecule has 11 aromatic rings. The molecule has 67 heavy (non-hydrogen) atoms. The van der Waals surface area contributed by atoms with Gasteiger partial charge in [0.2, 0.25) is 0 Å². The summed E-state index contributed by atoms with van der Waals surface area (Å²) in [6.45, 7) is 15.9. The van der Waals surface area contributed by atoms with Crippen molar-refractivity contribution in [1.29, 1.82) is 0 Å². The normalized spacial score (nSPS) is 12.4. The molecule has 1 aliphatic carbocycles. The Morgan fingerprint density at radius 2 is 0.866 bits per heavy atom. The molecule has 0 aliphatic heterocycles. The van der Waals surface area contributed by atoms with E-state index in [-0.39, 0.29) is 10.8 Å². The van der Waals surface area contributed by atoms with Crippen LogP contribution in [0, 0.1) is 6.92 Å². The third-order valence-corrected chi connectivity index (χ3v) is 14.2. The van der Waals surface area contributed by atoms with Gasteiger partial charge < -0.3 is 9.32 Å². The maximum absolute atomic E-state index is 6.77. The van der Waals surface area contributed by atoms with Crippen molar-refractivity contribution in [3.05, 3.63) is 211 Å². The molecule has 0 N–H and O–H groups in total. The van der Waals surface area contributed by atoms with Crippen LogP contribution in [-0.2, 0) is 10.8 Å². The molecule has 0 atom stereocenters. The predicted octanol–water partition coefficient (Wildman–Crippen LogP) is 18.9. The maximum atomic E-state index is 6.77. The highest BCUT2D eigenvalue weighted by Gasteiger charge is 2.27. The standard InChI is InChI=1S/C65H53NO/c1-40-20-31-54-53-18-11-12-19-61(53)67-63(54)62(40)66(51-17-13-16-44(32-51)41-14-9-8-10-15-41)52-30-25-45-34-57-58(37-46(45)33-52)60-39-48-36-56(43-23-28-50(29-24-43)65(5,6)7)55(35-47(48)38-59(57)60)42-21-26-49(27-22-42)64(2,3)4/h8-39H,1-7H3. The average Bonchev–Trinajstić information content (AvgIpc) is 3.72. The van der Waals surface area contributed by atoms with E-state index in [2.05, 4.69) is 241 Å². The molecule has 0 radical (unpaired) electrons. The van der Waals surface area contributed by atoms with Crippen LogP contribution in [-0.4, -0.2) is 0 Å². The molecule has 1 heterocycles. The third kappa shape index (κ3) is 6.94. The lowest BCUT2D eigenvalue weighted by molar-refractivity contribution is 0.590. The van der Waals surface area contributed by atoms with Gasteiger partial charge in [-0.3, -0.25) is 0 Å². The van der Waals surface area contributed by atoms with Gasteiger partial charge >= 0.3 is 0 Å². The quantitative estimate of drug-likeness (QED) is 0.166. The molecule has 1 aromatic heterocycles. The van der Waals surface area contributed by atoms with Gasteiger partial charge in [0.15, 0.2) is 5.58 Å². The Morgan fingerprint density at radius 3 is 1.46 bits per heavy atom. The number of anilines is 3. The number of hydrogen-bond donors (Lipinski definition) is 0. The van der Waals surface area contributed by atoms with Crippen LogP contribution < -0.4 is 4.90 Å². The van der Waals surface area contributed by atoms with Crippen molar-refractivity contribution in [1.82, 2.24) is 0 Å².